The Kier molecular flexibility index (Phi) is 5.21. The van der Waals surface area contributed by atoms with Gasteiger partial charge in [0.05, 0.1) is 12.0 Å². The van der Waals surface area contributed by atoms with Crippen LogP contribution in [0.25, 0.3) is 11.1 Å². The Morgan fingerprint density at radius 1 is 0.920 bits per heavy atom. The molecule has 1 aromatic heterocycles. The first-order chi connectivity index (χ1) is 11.7. The topological polar surface area (TPSA) is 64.9 Å². The summed E-state index contributed by atoms with van der Waals surface area (Å²) in [5, 5.41) is 4.12. The maximum absolute atomic E-state index is 6.39. The van der Waals surface area contributed by atoms with Gasteiger partial charge in [-0.25, -0.2) is 0 Å². The lowest BCUT2D eigenvalue weighted by atomic mass is 9.98. The van der Waals surface area contributed by atoms with Crippen LogP contribution in [-0.2, 0) is 12.0 Å². The summed E-state index contributed by atoms with van der Waals surface area (Å²) in [4.78, 5) is 4.54. The van der Waals surface area contributed by atoms with Gasteiger partial charge in [0.15, 0.2) is 5.82 Å². The third kappa shape index (κ3) is 3.75. The standard InChI is InChI=1S/C20H21N3O.ClH/c21-20(12-4-5-13-20)19-22-18(24-23-19)14-15-8-10-17(11-9-15)16-6-2-1-3-7-16;/h1-3,6-11H,4-5,12-14,21H2;1H. The van der Waals surface area contributed by atoms with E-state index in [1.807, 2.05) is 6.07 Å². The molecule has 5 heteroatoms. The van der Waals surface area contributed by atoms with Crippen molar-refractivity contribution in [2.75, 3.05) is 0 Å². The van der Waals surface area contributed by atoms with Gasteiger partial charge in [-0.3, -0.25) is 0 Å². The molecule has 1 aliphatic carbocycles. The Labute approximate surface area is 153 Å². The van der Waals surface area contributed by atoms with E-state index >= 15 is 0 Å². The quantitative estimate of drug-likeness (QED) is 0.749. The molecule has 0 saturated heterocycles. The summed E-state index contributed by atoms with van der Waals surface area (Å²) < 4.78 is 5.42. The van der Waals surface area contributed by atoms with Crippen LogP contribution in [0.15, 0.2) is 59.1 Å². The van der Waals surface area contributed by atoms with E-state index in [4.69, 9.17) is 10.3 Å². The minimum absolute atomic E-state index is 0. The minimum atomic E-state index is -0.390. The van der Waals surface area contributed by atoms with Crippen molar-refractivity contribution in [3.63, 3.8) is 0 Å². The molecule has 0 amide bonds. The number of benzene rings is 2. The zero-order chi connectivity index (χ0) is 16.4. The lowest BCUT2D eigenvalue weighted by Gasteiger charge is -2.17. The fourth-order valence-corrected chi connectivity index (χ4v) is 3.38. The highest BCUT2D eigenvalue weighted by atomic mass is 35.5. The van der Waals surface area contributed by atoms with Crippen molar-refractivity contribution in [3.8, 4) is 11.1 Å². The molecule has 130 valence electrons. The molecule has 1 aliphatic rings. The van der Waals surface area contributed by atoms with Gasteiger partial charge in [0.2, 0.25) is 5.89 Å². The van der Waals surface area contributed by atoms with Crippen LogP contribution in [0.3, 0.4) is 0 Å². The van der Waals surface area contributed by atoms with E-state index in [0.29, 0.717) is 18.1 Å². The van der Waals surface area contributed by atoms with Gasteiger partial charge in [0.1, 0.15) is 0 Å². The predicted octanol–water partition coefficient (Wildman–Crippen LogP) is 4.48. The summed E-state index contributed by atoms with van der Waals surface area (Å²) in [5.41, 5.74) is 9.58. The second-order valence-corrected chi connectivity index (χ2v) is 6.61. The summed E-state index contributed by atoms with van der Waals surface area (Å²) in [6, 6.07) is 18.8. The van der Waals surface area contributed by atoms with Crippen molar-refractivity contribution >= 4 is 12.4 Å². The number of hydrogen-bond donors (Lipinski definition) is 1. The molecule has 1 saturated carbocycles. The van der Waals surface area contributed by atoms with Gasteiger partial charge in [0.25, 0.3) is 0 Å². The molecule has 2 aromatic carbocycles. The Bertz CT molecular complexity index is 808. The van der Waals surface area contributed by atoms with Crippen LogP contribution in [0.2, 0.25) is 0 Å². The van der Waals surface area contributed by atoms with Gasteiger partial charge in [-0.15, -0.1) is 12.4 Å². The first kappa shape index (κ1) is 17.6. The Morgan fingerprint density at radius 3 is 2.24 bits per heavy atom. The van der Waals surface area contributed by atoms with Crippen LogP contribution in [0.5, 0.6) is 0 Å². The van der Waals surface area contributed by atoms with Crippen molar-refractivity contribution in [3.05, 3.63) is 71.9 Å². The van der Waals surface area contributed by atoms with Gasteiger partial charge < -0.3 is 10.3 Å². The molecule has 4 rings (SSSR count). The van der Waals surface area contributed by atoms with Crippen LogP contribution < -0.4 is 5.73 Å². The van der Waals surface area contributed by atoms with E-state index in [1.165, 1.54) is 11.1 Å². The average Bonchev–Trinajstić information content (AvgIpc) is 3.27. The van der Waals surface area contributed by atoms with Gasteiger partial charge in [0, 0.05) is 0 Å². The van der Waals surface area contributed by atoms with Crippen LogP contribution in [0.1, 0.15) is 43.0 Å². The zero-order valence-corrected chi connectivity index (χ0v) is 14.8. The van der Waals surface area contributed by atoms with Crippen LogP contribution >= 0.6 is 12.4 Å². The van der Waals surface area contributed by atoms with Crippen molar-refractivity contribution in [1.82, 2.24) is 10.1 Å². The van der Waals surface area contributed by atoms with E-state index in [2.05, 4.69) is 58.7 Å². The number of halogens is 1. The van der Waals surface area contributed by atoms with E-state index in [0.717, 1.165) is 31.2 Å². The molecule has 0 atom stereocenters. The fraction of sp³-hybridized carbons (Fsp3) is 0.300. The third-order valence-electron chi connectivity index (χ3n) is 4.83. The summed E-state index contributed by atoms with van der Waals surface area (Å²) in [5.74, 6) is 1.30. The van der Waals surface area contributed by atoms with E-state index in [-0.39, 0.29) is 17.9 Å². The maximum atomic E-state index is 6.39. The summed E-state index contributed by atoms with van der Waals surface area (Å²) in [6.45, 7) is 0. The molecule has 0 spiro atoms. The normalized spacial score (nSPS) is 15.7. The van der Waals surface area contributed by atoms with Crippen LogP contribution in [-0.4, -0.2) is 10.1 Å². The van der Waals surface area contributed by atoms with Gasteiger partial charge >= 0.3 is 0 Å². The third-order valence-corrected chi connectivity index (χ3v) is 4.83. The molecular weight excluding hydrogens is 334 g/mol. The van der Waals surface area contributed by atoms with E-state index in [1.54, 1.807) is 0 Å². The Balaban J connectivity index is 0.00000182. The molecule has 0 aliphatic heterocycles. The number of nitrogens with two attached hydrogens (primary N) is 1. The first-order valence-corrected chi connectivity index (χ1v) is 8.49. The molecule has 0 unspecified atom stereocenters. The summed E-state index contributed by atoms with van der Waals surface area (Å²) in [7, 11) is 0. The highest BCUT2D eigenvalue weighted by molar-refractivity contribution is 5.85. The van der Waals surface area contributed by atoms with Crippen LogP contribution in [0.4, 0.5) is 0 Å². The van der Waals surface area contributed by atoms with Crippen molar-refractivity contribution < 1.29 is 4.52 Å². The van der Waals surface area contributed by atoms with E-state index < -0.39 is 0 Å². The van der Waals surface area contributed by atoms with Gasteiger partial charge in [-0.05, 0) is 29.5 Å². The SMILES string of the molecule is Cl.NC1(c2noc(Cc3ccc(-c4ccccc4)cc3)n2)CCCC1. The van der Waals surface area contributed by atoms with Crippen molar-refractivity contribution in [1.29, 1.82) is 0 Å². The molecule has 25 heavy (non-hydrogen) atoms. The molecule has 4 nitrogen and oxygen atoms in total. The minimum Gasteiger partial charge on any atom is -0.339 e. The number of nitrogens with zero attached hydrogens (tertiary/aromatic N) is 2. The zero-order valence-electron chi connectivity index (χ0n) is 14.0. The maximum Gasteiger partial charge on any atom is 0.231 e. The summed E-state index contributed by atoms with van der Waals surface area (Å²) in [6.07, 6.45) is 4.80. The smallest absolute Gasteiger partial charge is 0.231 e. The average molecular weight is 356 g/mol. The van der Waals surface area contributed by atoms with E-state index in [9.17, 15) is 0 Å². The molecule has 3 aromatic rings. The predicted molar refractivity (Wildman–Crippen MR) is 101 cm³/mol. The molecule has 0 bridgehead atoms. The lowest BCUT2D eigenvalue weighted by molar-refractivity contribution is 0.352. The molecule has 2 N–H and O–H groups in total. The first-order valence-electron chi connectivity index (χ1n) is 8.49. The number of aromatic nitrogens is 2. The number of rotatable bonds is 4. The largest absolute Gasteiger partial charge is 0.339 e. The fourth-order valence-electron chi connectivity index (χ4n) is 3.38. The Hall–Kier alpha value is -2.17. The highest BCUT2D eigenvalue weighted by Crippen LogP contribution is 2.34. The van der Waals surface area contributed by atoms with Gasteiger partial charge in [-0.1, -0.05) is 72.6 Å². The molecular formula is C20H22ClN3O. The monoisotopic (exact) mass is 355 g/mol. The van der Waals surface area contributed by atoms with Gasteiger partial charge in [-0.2, -0.15) is 4.98 Å². The van der Waals surface area contributed by atoms with Crippen LogP contribution in [0, 0.1) is 0 Å². The van der Waals surface area contributed by atoms with Crippen molar-refractivity contribution in [2.24, 2.45) is 5.73 Å². The van der Waals surface area contributed by atoms with Crippen molar-refractivity contribution in [2.45, 2.75) is 37.6 Å². The molecule has 1 heterocycles. The number of hydrogen-bond acceptors (Lipinski definition) is 4. The highest BCUT2D eigenvalue weighted by Gasteiger charge is 2.35. The molecule has 1 fully saturated rings. The second kappa shape index (κ2) is 7.38. The second-order valence-electron chi connectivity index (χ2n) is 6.61. The summed E-state index contributed by atoms with van der Waals surface area (Å²) >= 11 is 0. The Morgan fingerprint density at radius 2 is 1.56 bits per heavy atom. The lowest BCUT2D eigenvalue weighted by Crippen LogP contribution is -2.34. The molecule has 0 radical (unpaired) electrons.